The number of carbonyl (C=O) groups excluding carboxylic acids is 1. The summed E-state index contributed by atoms with van der Waals surface area (Å²) in [7, 11) is 1.64. The molecule has 7 heteroatoms. The Morgan fingerprint density at radius 1 is 1.14 bits per heavy atom. The van der Waals surface area contributed by atoms with Crippen LogP contribution in [0.3, 0.4) is 0 Å². The lowest BCUT2D eigenvalue weighted by Crippen LogP contribution is -2.51. The second kappa shape index (κ2) is 9.03. The van der Waals surface area contributed by atoms with Crippen LogP contribution in [0.15, 0.2) is 42.6 Å². The second-order valence-electron chi connectivity index (χ2n) is 8.01. The molecule has 29 heavy (non-hydrogen) atoms. The summed E-state index contributed by atoms with van der Waals surface area (Å²) >= 11 is 0. The third-order valence-electron chi connectivity index (χ3n) is 4.66. The largest absolute Gasteiger partial charge is 0.497 e. The highest BCUT2D eigenvalue weighted by molar-refractivity contribution is 5.74. The first-order valence-corrected chi connectivity index (χ1v) is 9.90. The summed E-state index contributed by atoms with van der Waals surface area (Å²) in [5, 5.41) is 3.02. The molecule has 2 amide bonds. The number of ether oxygens (including phenoxy) is 2. The van der Waals surface area contributed by atoms with Crippen LogP contribution in [0.2, 0.25) is 0 Å². The van der Waals surface area contributed by atoms with Crippen LogP contribution in [0.25, 0.3) is 0 Å². The van der Waals surface area contributed by atoms with E-state index in [2.05, 4.69) is 15.2 Å². The van der Waals surface area contributed by atoms with Crippen molar-refractivity contribution in [1.82, 2.24) is 15.2 Å². The number of methoxy groups -OCH3 is 1. The van der Waals surface area contributed by atoms with E-state index in [1.165, 1.54) is 0 Å². The minimum atomic E-state index is -0.287. The van der Waals surface area contributed by atoms with E-state index in [9.17, 15) is 4.79 Å². The molecular weight excluding hydrogens is 368 g/mol. The molecule has 1 aliphatic rings. The molecule has 0 unspecified atom stereocenters. The first-order valence-electron chi connectivity index (χ1n) is 9.90. The number of anilines is 1. The van der Waals surface area contributed by atoms with Crippen molar-refractivity contribution in [2.24, 2.45) is 0 Å². The number of para-hydroxylation sites is 1. The van der Waals surface area contributed by atoms with Gasteiger partial charge in [0.25, 0.3) is 0 Å². The van der Waals surface area contributed by atoms with Crippen molar-refractivity contribution in [2.45, 2.75) is 32.9 Å². The van der Waals surface area contributed by atoms with Crippen LogP contribution >= 0.6 is 0 Å². The number of hydrogen-bond acceptors (Lipinski definition) is 5. The Bertz CT molecular complexity index is 827. The summed E-state index contributed by atoms with van der Waals surface area (Å²) in [4.78, 5) is 21.0. The van der Waals surface area contributed by atoms with Gasteiger partial charge in [0.15, 0.2) is 0 Å². The fraction of sp³-hybridized carbons (Fsp3) is 0.455. The van der Waals surface area contributed by atoms with Crippen LogP contribution in [-0.4, -0.2) is 54.8 Å². The van der Waals surface area contributed by atoms with E-state index in [0.29, 0.717) is 19.6 Å². The normalized spacial score (nSPS) is 14.5. The fourth-order valence-electron chi connectivity index (χ4n) is 3.20. The van der Waals surface area contributed by atoms with Crippen LogP contribution < -0.4 is 19.7 Å². The molecule has 1 fully saturated rings. The van der Waals surface area contributed by atoms with Crippen molar-refractivity contribution in [3.05, 3.63) is 48.2 Å². The van der Waals surface area contributed by atoms with Gasteiger partial charge in [0.2, 0.25) is 0 Å². The Morgan fingerprint density at radius 3 is 2.55 bits per heavy atom. The van der Waals surface area contributed by atoms with Gasteiger partial charge in [0, 0.05) is 50.6 Å². The molecule has 0 spiro atoms. The zero-order valence-electron chi connectivity index (χ0n) is 17.6. The molecule has 0 aliphatic carbocycles. The smallest absolute Gasteiger partial charge is 0.317 e. The number of urea groups is 1. The maximum atomic E-state index is 12.6. The highest BCUT2D eigenvalue weighted by atomic mass is 16.5. The van der Waals surface area contributed by atoms with E-state index in [1.807, 2.05) is 62.1 Å². The number of benzene rings is 1. The van der Waals surface area contributed by atoms with Crippen molar-refractivity contribution in [1.29, 1.82) is 0 Å². The van der Waals surface area contributed by atoms with Crippen LogP contribution in [-0.2, 0) is 6.54 Å². The fourth-order valence-corrected chi connectivity index (χ4v) is 3.20. The average Bonchev–Trinajstić information content (AvgIpc) is 2.72. The quantitative estimate of drug-likeness (QED) is 0.837. The van der Waals surface area contributed by atoms with Crippen molar-refractivity contribution in [3.63, 3.8) is 0 Å². The van der Waals surface area contributed by atoms with Gasteiger partial charge in [-0.05, 0) is 32.9 Å². The number of carbonyl (C=O) groups is 1. The Morgan fingerprint density at radius 2 is 1.86 bits per heavy atom. The van der Waals surface area contributed by atoms with Gasteiger partial charge in [-0.1, -0.05) is 18.2 Å². The lowest BCUT2D eigenvalue weighted by atomic mass is 10.1. The highest BCUT2D eigenvalue weighted by Gasteiger charge is 2.22. The summed E-state index contributed by atoms with van der Waals surface area (Å²) in [6, 6.07) is 11.5. The van der Waals surface area contributed by atoms with Crippen molar-refractivity contribution in [2.75, 3.05) is 38.2 Å². The number of hydrogen-bond donors (Lipinski definition) is 1. The molecule has 3 rings (SSSR count). The molecule has 0 bridgehead atoms. The van der Waals surface area contributed by atoms with Crippen molar-refractivity contribution < 1.29 is 14.3 Å². The lowest BCUT2D eigenvalue weighted by Gasteiger charge is -2.35. The van der Waals surface area contributed by atoms with Gasteiger partial charge >= 0.3 is 6.03 Å². The lowest BCUT2D eigenvalue weighted by molar-refractivity contribution is 0.129. The SMILES string of the molecule is COc1ccnc(N2CCN(C(=O)NCc3ccccc3OC(C)(C)C)CC2)c1. The van der Waals surface area contributed by atoms with Crippen LogP contribution in [0, 0.1) is 0 Å². The zero-order chi connectivity index (χ0) is 20.9. The zero-order valence-corrected chi connectivity index (χ0v) is 17.6. The molecule has 1 aromatic heterocycles. The van der Waals surface area contributed by atoms with E-state index >= 15 is 0 Å². The summed E-state index contributed by atoms with van der Waals surface area (Å²) in [5.74, 6) is 2.46. The molecule has 0 saturated carbocycles. The van der Waals surface area contributed by atoms with E-state index < -0.39 is 0 Å². The average molecular weight is 399 g/mol. The number of nitrogens with zero attached hydrogens (tertiary/aromatic N) is 3. The van der Waals surface area contributed by atoms with Crippen LogP contribution in [0.5, 0.6) is 11.5 Å². The van der Waals surface area contributed by atoms with Gasteiger partial charge in [-0.3, -0.25) is 0 Å². The second-order valence-corrected chi connectivity index (χ2v) is 8.01. The van der Waals surface area contributed by atoms with Gasteiger partial charge in [0.05, 0.1) is 7.11 Å². The minimum absolute atomic E-state index is 0.0613. The predicted molar refractivity (Wildman–Crippen MR) is 114 cm³/mol. The number of pyridine rings is 1. The molecule has 1 saturated heterocycles. The Labute approximate surface area is 172 Å². The van der Waals surface area contributed by atoms with Gasteiger partial charge in [0.1, 0.15) is 22.9 Å². The first-order chi connectivity index (χ1) is 13.9. The number of piperazine rings is 1. The van der Waals surface area contributed by atoms with E-state index in [0.717, 1.165) is 36.0 Å². The minimum Gasteiger partial charge on any atom is -0.497 e. The topological polar surface area (TPSA) is 66.9 Å². The molecule has 7 nitrogen and oxygen atoms in total. The Kier molecular flexibility index (Phi) is 6.46. The van der Waals surface area contributed by atoms with Crippen LogP contribution in [0.4, 0.5) is 10.6 Å². The maximum Gasteiger partial charge on any atom is 0.317 e. The Hall–Kier alpha value is -2.96. The van der Waals surface area contributed by atoms with Gasteiger partial charge < -0.3 is 24.6 Å². The molecule has 1 aromatic carbocycles. The Balaban J connectivity index is 1.53. The van der Waals surface area contributed by atoms with Gasteiger partial charge in [-0.2, -0.15) is 0 Å². The maximum absolute atomic E-state index is 12.6. The third kappa shape index (κ3) is 5.76. The standard InChI is InChI=1S/C22H30N4O3/c1-22(2,3)29-19-8-6-5-7-17(19)16-24-21(27)26-13-11-25(12-14-26)20-15-18(28-4)9-10-23-20/h5-10,15H,11-14,16H2,1-4H3,(H,24,27). The molecule has 0 atom stereocenters. The molecule has 1 N–H and O–H groups in total. The van der Waals surface area contributed by atoms with E-state index in [-0.39, 0.29) is 11.6 Å². The van der Waals surface area contributed by atoms with Gasteiger partial charge in [-0.15, -0.1) is 0 Å². The summed E-state index contributed by atoms with van der Waals surface area (Å²) in [6.07, 6.45) is 1.74. The molecule has 2 heterocycles. The van der Waals surface area contributed by atoms with Crippen molar-refractivity contribution >= 4 is 11.8 Å². The van der Waals surface area contributed by atoms with E-state index in [1.54, 1.807) is 13.3 Å². The molecule has 0 radical (unpaired) electrons. The molecule has 156 valence electrons. The first kappa shape index (κ1) is 20.8. The number of nitrogens with one attached hydrogen (secondary N) is 1. The third-order valence-corrected chi connectivity index (χ3v) is 4.66. The molecule has 2 aromatic rings. The van der Waals surface area contributed by atoms with Crippen LogP contribution in [0.1, 0.15) is 26.3 Å². The van der Waals surface area contributed by atoms with Crippen molar-refractivity contribution in [3.8, 4) is 11.5 Å². The monoisotopic (exact) mass is 398 g/mol. The predicted octanol–water partition coefficient (Wildman–Crippen LogP) is 3.30. The summed E-state index contributed by atoms with van der Waals surface area (Å²) in [6.45, 7) is 9.23. The summed E-state index contributed by atoms with van der Waals surface area (Å²) < 4.78 is 11.3. The van der Waals surface area contributed by atoms with E-state index in [4.69, 9.17) is 9.47 Å². The summed E-state index contributed by atoms with van der Waals surface area (Å²) in [5.41, 5.74) is 0.680. The number of amides is 2. The molecule has 1 aliphatic heterocycles. The highest BCUT2D eigenvalue weighted by Crippen LogP contribution is 2.23. The number of rotatable bonds is 5. The van der Waals surface area contributed by atoms with Gasteiger partial charge in [-0.25, -0.2) is 9.78 Å². The number of aromatic nitrogens is 1. The molecular formula is C22H30N4O3.